The van der Waals surface area contributed by atoms with E-state index in [0.717, 1.165) is 0 Å². The van der Waals surface area contributed by atoms with E-state index in [1.54, 1.807) is 0 Å². The highest BCUT2D eigenvalue weighted by Gasteiger charge is 2.13. The van der Waals surface area contributed by atoms with Crippen LogP contribution in [-0.4, -0.2) is 12.1 Å². The van der Waals surface area contributed by atoms with Crippen LogP contribution in [0.1, 0.15) is 13.8 Å². The van der Waals surface area contributed by atoms with Gasteiger partial charge in [-0.05, 0) is 13.8 Å². The molecule has 0 saturated heterocycles. The predicted octanol–water partition coefficient (Wildman–Crippen LogP) is 0.547. The highest BCUT2D eigenvalue weighted by Crippen LogP contribution is 2.15. The molecule has 0 fully saturated rings. The third-order valence-corrected chi connectivity index (χ3v) is 1.95. The van der Waals surface area contributed by atoms with Crippen LogP contribution in [0, 0.1) is 0 Å². The lowest BCUT2D eigenvalue weighted by Crippen LogP contribution is -2.40. The molecule has 0 aliphatic heterocycles. The van der Waals surface area contributed by atoms with Crippen molar-refractivity contribution in [1.29, 1.82) is 0 Å². The van der Waals surface area contributed by atoms with Gasteiger partial charge in [-0.15, -0.1) is 0 Å². The first kappa shape index (κ1) is 7.51. The van der Waals surface area contributed by atoms with Crippen molar-refractivity contribution in [3.05, 3.63) is 23.3 Å². The van der Waals surface area contributed by atoms with Crippen molar-refractivity contribution in [1.82, 2.24) is 0 Å². The topological polar surface area (TPSA) is 52.0 Å². The smallest absolute Gasteiger partial charge is 0.0420 e. The summed E-state index contributed by atoms with van der Waals surface area (Å²) in [5.74, 6) is 0. The summed E-state index contributed by atoms with van der Waals surface area (Å²) >= 11 is 0. The first-order valence-corrected chi connectivity index (χ1v) is 3.49. The SMILES string of the molecule is CC1=CC(N)C(N)C=C1C. The monoisotopic (exact) mass is 138 g/mol. The summed E-state index contributed by atoms with van der Waals surface area (Å²) in [4.78, 5) is 0. The largest absolute Gasteiger partial charge is 0.323 e. The van der Waals surface area contributed by atoms with E-state index in [1.807, 2.05) is 12.2 Å². The van der Waals surface area contributed by atoms with Gasteiger partial charge >= 0.3 is 0 Å². The van der Waals surface area contributed by atoms with Crippen molar-refractivity contribution in [3.8, 4) is 0 Å². The van der Waals surface area contributed by atoms with E-state index in [-0.39, 0.29) is 12.1 Å². The van der Waals surface area contributed by atoms with Crippen LogP contribution in [0.2, 0.25) is 0 Å². The molecular weight excluding hydrogens is 124 g/mol. The Hall–Kier alpha value is -0.600. The molecule has 0 saturated carbocycles. The van der Waals surface area contributed by atoms with Crippen LogP contribution < -0.4 is 11.5 Å². The Kier molecular flexibility index (Phi) is 1.92. The minimum absolute atomic E-state index is 0.00343. The molecule has 2 unspecified atom stereocenters. The molecule has 0 aromatic heterocycles. The lowest BCUT2D eigenvalue weighted by Gasteiger charge is -2.20. The van der Waals surface area contributed by atoms with Gasteiger partial charge in [0.25, 0.3) is 0 Å². The van der Waals surface area contributed by atoms with Crippen molar-refractivity contribution in [2.24, 2.45) is 11.5 Å². The highest BCUT2D eigenvalue weighted by molar-refractivity contribution is 5.35. The molecule has 0 amide bonds. The van der Waals surface area contributed by atoms with E-state index >= 15 is 0 Å². The maximum Gasteiger partial charge on any atom is 0.0420 e. The Bertz CT molecular complexity index is 169. The van der Waals surface area contributed by atoms with E-state index in [9.17, 15) is 0 Å². The Morgan fingerprint density at radius 1 is 1.00 bits per heavy atom. The molecule has 4 N–H and O–H groups in total. The Morgan fingerprint density at radius 2 is 1.30 bits per heavy atom. The van der Waals surface area contributed by atoms with Gasteiger partial charge in [0.05, 0.1) is 0 Å². The maximum absolute atomic E-state index is 5.68. The Morgan fingerprint density at radius 3 is 1.60 bits per heavy atom. The minimum atomic E-state index is 0.00343. The zero-order valence-corrected chi connectivity index (χ0v) is 6.46. The van der Waals surface area contributed by atoms with Crippen molar-refractivity contribution >= 4 is 0 Å². The van der Waals surface area contributed by atoms with E-state index in [1.165, 1.54) is 11.1 Å². The van der Waals surface area contributed by atoms with E-state index in [0.29, 0.717) is 0 Å². The third kappa shape index (κ3) is 1.28. The molecule has 2 atom stereocenters. The molecule has 2 nitrogen and oxygen atoms in total. The standard InChI is InChI=1S/C8H14N2/c1-5-3-7(9)8(10)4-6(5)2/h3-4,7-8H,9-10H2,1-2H3. The summed E-state index contributed by atoms with van der Waals surface area (Å²) in [6.07, 6.45) is 4.03. The molecule has 10 heavy (non-hydrogen) atoms. The van der Waals surface area contributed by atoms with Crippen LogP contribution in [0.4, 0.5) is 0 Å². The molecule has 56 valence electrons. The van der Waals surface area contributed by atoms with E-state index in [4.69, 9.17) is 11.5 Å². The van der Waals surface area contributed by atoms with Crippen molar-refractivity contribution < 1.29 is 0 Å². The number of hydrogen-bond donors (Lipinski definition) is 2. The first-order valence-electron chi connectivity index (χ1n) is 3.49. The quantitative estimate of drug-likeness (QED) is 0.513. The van der Waals surface area contributed by atoms with Crippen LogP contribution >= 0.6 is 0 Å². The number of hydrogen-bond acceptors (Lipinski definition) is 2. The molecule has 0 spiro atoms. The molecule has 1 rings (SSSR count). The lowest BCUT2D eigenvalue weighted by molar-refractivity contribution is 0.687. The maximum atomic E-state index is 5.68. The third-order valence-electron chi connectivity index (χ3n) is 1.95. The van der Waals surface area contributed by atoms with Gasteiger partial charge in [-0.2, -0.15) is 0 Å². The number of rotatable bonds is 0. The van der Waals surface area contributed by atoms with Crippen LogP contribution in [0.3, 0.4) is 0 Å². The summed E-state index contributed by atoms with van der Waals surface area (Å²) in [5.41, 5.74) is 13.9. The van der Waals surface area contributed by atoms with E-state index < -0.39 is 0 Å². The molecule has 0 radical (unpaired) electrons. The Labute approximate surface area is 61.6 Å². The number of nitrogens with two attached hydrogens (primary N) is 2. The molecule has 2 heteroatoms. The summed E-state index contributed by atoms with van der Waals surface area (Å²) in [5, 5.41) is 0. The predicted molar refractivity (Wildman–Crippen MR) is 43.5 cm³/mol. The lowest BCUT2D eigenvalue weighted by atomic mass is 9.94. The van der Waals surface area contributed by atoms with Crippen molar-refractivity contribution in [2.75, 3.05) is 0 Å². The molecule has 1 aliphatic rings. The van der Waals surface area contributed by atoms with Crippen molar-refractivity contribution in [2.45, 2.75) is 25.9 Å². The minimum Gasteiger partial charge on any atom is -0.323 e. The second-order valence-corrected chi connectivity index (χ2v) is 2.85. The fourth-order valence-electron chi connectivity index (χ4n) is 1.06. The second kappa shape index (κ2) is 2.56. The molecular formula is C8H14N2. The van der Waals surface area contributed by atoms with Crippen LogP contribution in [0.5, 0.6) is 0 Å². The van der Waals surface area contributed by atoms with Crippen LogP contribution in [-0.2, 0) is 0 Å². The summed E-state index contributed by atoms with van der Waals surface area (Å²) in [7, 11) is 0. The fourth-order valence-corrected chi connectivity index (χ4v) is 1.06. The van der Waals surface area contributed by atoms with Gasteiger partial charge in [-0.3, -0.25) is 0 Å². The first-order chi connectivity index (χ1) is 4.61. The van der Waals surface area contributed by atoms with Gasteiger partial charge in [0, 0.05) is 12.1 Å². The summed E-state index contributed by atoms with van der Waals surface area (Å²) in [6.45, 7) is 4.11. The normalized spacial score (nSPS) is 33.2. The molecule has 1 aliphatic carbocycles. The summed E-state index contributed by atoms with van der Waals surface area (Å²) < 4.78 is 0. The van der Waals surface area contributed by atoms with Gasteiger partial charge in [-0.25, -0.2) is 0 Å². The molecule has 0 bridgehead atoms. The van der Waals surface area contributed by atoms with Gasteiger partial charge in [0.2, 0.25) is 0 Å². The van der Waals surface area contributed by atoms with Crippen molar-refractivity contribution in [3.63, 3.8) is 0 Å². The fraction of sp³-hybridized carbons (Fsp3) is 0.500. The highest BCUT2D eigenvalue weighted by atomic mass is 14.8. The zero-order valence-electron chi connectivity index (χ0n) is 6.46. The van der Waals surface area contributed by atoms with Gasteiger partial charge < -0.3 is 11.5 Å². The summed E-state index contributed by atoms with van der Waals surface area (Å²) in [6, 6.07) is 0.00685. The van der Waals surface area contributed by atoms with Gasteiger partial charge in [0.15, 0.2) is 0 Å². The van der Waals surface area contributed by atoms with Gasteiger partial charge in [0.1, 0.15) is 0 Å². The Balaban J connectivity index is 2.83. The average molecular weight is 138 g/mol. The zero-order chi connectivity index (χ0) is 7.72. The van der Waals surface area contributed by atoms with E-state index in [2.05, 4.69) is 13.8 Å². The van der Waals surface area contributed by atoms with Gasteiger partial charge in [-0.1, -0.05) is 23.3 Å². The average Bonchev–Trinajstić information content (AvgIpc) is 1.84. The number of allylic oxidation sites excluding steroid dienone is 2. The molecule has 0 heterocycles. The van der Waals surface area contributed by atoms with Crippen LogP contribution in [0.15, 0.2) is 23.3 Å². The second-order valence-electron chi connectivity index (χ2n) is 2.85. The van der Waals surface area contributed by atoms with Crippen LogP contribution in [0.25, 0.3) is 0 Å². The molecule has 0 aromatic carbocycles. The molecule has 0 aromatic rings.